The van der Waals surface area contributed by atoms with Crippen LogP contribution in [-0.4, -0.2) is 11.8 Å². The van der Waals surface area contributed by atoms with Gasteiger partial charge in [-0.3, -0.25) is 4.79 Å². The molecule has 0 heterocycles. The molecule has 0 N–H and O–H groups in total. The highest BCUT2D eigenvalue weighted by Gasteiger charge is 2.01. The Morgan fingerprint density at radius 2 is 2.25 bits per heavy atom. The van der Waals surface area contributed by atoms with Crippen LogP contribution in [0.3, 0.4) is 0 Å². The summed E-state index contributed by atoms with van der Waals surface area (Å²) >= 11 is 0. The molecule has 0 aromatic carbocycles. The molecule has 0 rings (SSSR count). The monoisotopic (exact) mass is 111 g/mol. The van der Waals surface area contributed by atoms with Crippen LogP contribution in [0.15, 0.2) is 11.6 Å². The van der Waals surface area contributed by atoms with Crippen molar-refractivity contribution in [2.24, 2.45) is 10.9 Å². The van der Waals surface area contributed by atoms with E-state index in [-0.39, 0.29) is 11.8 Å². The van der Waals surface area contributed by atoms with Gasteiger partial charge in [-0.15, -0.1) is 0 Å². The Balaban J connectivity index is 3.84. The lowest BCUT2D eigenvalue weighted by Crippen LogP contribution is -2.01. The standard InChI is InChI=1S/C6H9NO/c1-4-7-6(8)5(2)3/h5H,1H2,2-3H3. The first-order chi connectivity index (χ1) is 3.68. The number of carbonyl (C=O) groups is 1. The van der Waals surface area contributed by atoms with E-state index in [9.17, 15) is 4.79 Å². The van der Waals surface area contributed by atoms with E-state index in [1.807, 2.05) is 0 Å². The van der Waals surface area contributed by atoms with Crippen LogP contribution in [-0.2, 0) is 4.79 Å². The van der Waals surface area contributed by atoms with Gasteiger partial charge in [-0.2, -0.15) is 4.99 Å². The Kier molecular flexibility index (Phi) is 2.82. The molecule has 0 aliphatic heterocycles. The molecule has 0 aliphatic rings. The van der Waals surface area contributed by atoms with Crippen LogP contribution >= 0.6 is 0 Å². The quantitative estimate of drug-likeness (QED) is 0.464. The number of hydrogen-bond acceptors (Lipinski definition) is 1. The van der Waals surface area contributed by atoms with Crippen molar-refractivity contribution in [1.29, 1.82) is 0 Å². The first kappa shape index (κ1) is 7.12. The maximum atomic E-state index is 10.5. The molecule has 0 aliphatic carbocycles. The van der Waals surface area contributed by atoms with Crippen molar-refractivity contribution < 1.29 is 4.79 Å². The van der Waals surface area contributed by atoms with Gasteiger partial charge in [0.2, 0.25) is 0 Å². The normalized spacial score (nSPS) is 8.38. The van der Waals surface area contributed by atoms with Gasteiger partial charge in [0.1, 0.15) is 0 Å². The van der Waals surface area contributed by atoms with E-state index in [2.05, 4.69) is 17.4 Å². The molecule has 1 amide bonds. The fraction of sp³-hybridized carbons (Fsp3) is 0.500. The fourth-order valence-electron chi connectivity index (χ4n) is 0.207. The zero-order chi connectivity index (χ0) is 6.57. The van der Waals surface area contributed by atoms with Crippen molar-refractivity contribution >= 4 is 11.8 Å². The lowest BCUT2D eigenvalue weighted by Gasteiger charge is -1.91. The Bertz CT molecular complexity index is 131. The van der Waals surface area contributed by atoms with Gasteiger partial charge in [0.25, 0.3) is 5.91 Å². The summed E-state index contributed by atoms with van der Waals surface area (Å²) in [5.74, 6) is 1.97. The van der Waals surface area contributed by atoms with Crippen LogP contribution in [0.25, 0.3) is 0 Å². The highest BCUT2D eigenvalue weighted by molar-refractivity contribution is 5.84. The van der Waals surface area contributed by atoms with Gasteiger partial charge in [0.05, 0.1) is 0 Å². The molecule has 0 spiro atoms. The molecular formula is C6H9NO. The molecular weight excluding hydrogens is 102 g/mol. The van der Waals surface area contributed by atoms with Gasteiger partial charge in [-0.05, 0) is 12.4 Å². The second-order valence-corrected chi connectivity index (χ2v) is 1.76. The first-order valence-corrected chi connectivity index (χ1v) is 2.45. The minimum absolute atomic E-state index is 0.0377. The number of hydrogen-bond donors (Lipinski definition) is 0. The molecule has 2 nitrogen and oxygen atoms in total. The third kappa shape index (κ3) is 2.32. The smallest absolute Gasteiger partial charge is 0.256 e. The lowest BCUT2D eigenvalue weighted by molar-refractivity contribution is -0.120. The molecule has 0 fully saturated rings. The van der Waals surface area contributed by atoms with Crippen molar-refractivity contribution in [3.8, 4) is 0 Å². The Morgan fingerprint density at radius 1 is 1.75 bits per heavy atom. The molecule has 0 unspecified atom stereocenters. The number of nitrogens with zero attached hydrogens (tertiary/aromatic N) is 1. The maximum Gasteiger partial charge on any atom is 0.256 e. The minimum Gasteiger partial charge on any atom is -0.272 e. The summed E-state index contributed by atoms with van der Waals surface area (Å²) in [5, 5.41) is 0. The summed E-state index contributed by atoms with van der Waals surface area (Å²) in [4.78, 5) is 13.8. The zero-order valence-corrected chi connectivity index (χ0v) is 5.14. The molecule has 0 atom stereocenters. The van der Waals surface area contributed by atoms with Gasteiger partial charge in [0, 0.05) is 5.92 Å². The van der Waals surface area contributed by atoms with Crippen LogP contribution in [0, 0.1) is 5.92 Å². The van der Waals surface area contributed by atoms with E-state index in [1.165, 1.54) is 0 Å². The maximum absolute atomic E-state index is 10.5. The highest BCUT2D eigenvalue weighted by Crippen LogP contribution is 1.92. The van der Waals surface area contributed by atoms with Gasteiger partial charge in [-0.1, -0.05) is 13.8 Å². The number of rotatable bonds is 1. The van der Waals surface area contributed by atoms with E-state index in [1.54, 1.807) is 13.8 Å². The molecule has 0 saturated heterocycles. The third-order valence-electron chi connectivity index (χ3n) is 0.683. The summed E-state index contributed by atoms with van der Waals surface area (Å²) in [5.41, 5.74) is 0. The molecule has 0 bridgehead atoms. The summed E-state index contributed by atoms with van der Waals surface area (Å²) < 4.78 is 0. The van der Waals surface area contributed by atoms with E-state index < -0.39 is 0 Å². The summed E-state index contributed by atoms with van der Waals surface area (Å²) in [7, 11) is 0. The third-order valence-corrected chi connectivity index (χ3v) is 0.683. The van der Waals surface area contributed by atoms with Gasteiger partial charge in [-0.25, -0.2) is 0 Å². The van der Waals surface area contributed by atoms with Crippen LogP contribution in [0.5, 0.6) is 0 Å². The largest absolute Gasteiger partial charge is 0.272 e. The van der Waals surface area contributed by atoms with Crippen molar-refractivity contribution in [2.75, 3.05) is 0 Å². The summed E-state index contributed by atoms with van der Waals surface area (Å²) in [6.07, 6.45) is 0. The van der Waals surface area contributed by atoms with E-state index in [0.29, 0.717) is 0 Å². The molecule has 0 aromatic heterocycles. The predicted molar refractivity (Wildman–Crippen MR) is 32.9 cm³/mol. The average molecular weight is 111 g/mol. The topological polar surface area (TPSA) is 29.4 Å². The van der Waals surface area contributed by atoms with Crippen molar-refractivity contribution in [3.05, 3.63) is 6.58 Å². The van der Waals surface area contributed by atoms with Gasteiger partial charge >= 0.3 is 0 Å². The molecule has 2 heteroatoms. The number of aliphatic imine (C=N–C) groups is 1. The SMILES string of the molecule is C=C=NC(=O)C(C)C. The Morgan fingerprint density at radius 3 is 2.38 bits per heavy atom. The minimum atomic E-state index is -0.167. The van der Waals surface area contributed by atoms with Gasteiger partial charge in [0.15, 0.2) is 0 Å². The van der Waals surface area contributed by atoms with Crippen LogP contribution in [0.2, 0.25) is 0 Å². The molecule has 8 heavy (non-hydrogen) atoms. The van der Waals surface area contributed by atoms with Crippen LogP contribution in [0.1, 0.15) is 13.8 Å². The van der Waals surface area contributed by atoms with Gasteiger partial charge < -0.3 is 0 Å². The second-order valence-electron chi connectivity index (χ2n) is 1.76. The van der Waals surface area contributed by atoms with E-state index >= 15 is 0 Å². The zero-order valence-electron chi connectivity index (χ0n) is 5.14. The first-order valence-electron chi connectivity index (χ1n) is 2.45. The Labute approximate surface area is 48.9 Å². The Hall–Kier alpha value is -0.880. The predicted octanol–water partition coefficient (Wildman–Crippen LogP) is 1.02. The number of amides is 1. The van der Waals surface area contributed by atoms with Crippen molar-refractivity contribution in [3.63, 3.8) is 0 Å². The molecule has 0 aromatic rings. The summed E-state index contributed by atoms with van der Waals surface area (Å²) in [6, 6.07) is 0. The highest BCUT2D eigenvalue weighted by atomic mass is 16.1. The lowest BCUT2D eigenvalue weighted by atomic mass is 10.2. The van der Waals surface area contributed by atoms with Crippen LogP contribution < -0.4 is 0 Å². The van der Waals surface area contributed by atoms with E-state index in [4.69, 9.17) is 0 Å². The fourth-order valence-corrected chi connectivity index (χ4v) is 0.207. The average Bonchev–Trinajstić information content (AvgIpc) is 1.67. The second kappa shape index (κ2) is 3.16. The van der Waals surface area contributed by atoms with Crippen LogP contribution in [0.4, 0.5) is 0 Å². The van der Waals surface area contributed by atoms with Crippen molar-refractivity contribution in [1.82, 2.24) is 0 Å². The molecule has 0 radical (unpaired) electrons. The molecule has 44 valence electrons. The molecule has 0 saturated carbocycles. The van der Waals surface area contributed by atoms with Crippen molar-refractivity contribution in [2.45, 2.75) is 13.8 Å². The van der Waals surface area contributed by atoms with E-state index in [0.717, 1.165) is 0 Å². The summed E-state index contributed by atoms with van der Waals surface area (Å²) in [6.45, 7) is 6.73. The number of carbonyl (C=O) groups excluding carboxylic acids is 1.